The Morgan fingerprint density at radius 3 is 2.93 bits per heavy atom. The number of aliphatic hydroxyl groups excluding tert-OH is 1. The highest BCUT2D eigenvalue weighted by molar-refractivity contribution is 5.91. The molecule has 11 nitrogen and oxygen atoms in total. The fourth-order valence-corrected chi connectivity index (χ4v) is 3.31. The van der Waals surface area contributed by atoms with Crippen LogP contribution in [-0.2, 0) is 15.9 Å². The number of carbonyl (C=O) groups excluding carboxylic acids is 1. The van der Waals surface area contributed by atoms with Crippen molar-refractivity contribution >= 4 is 5.97 Å². The Bertz CT molecular complexity index is 1090. The van der Waals surface area contributed by atoms with Crippen molar-refractivity contribution in [3.63, 3.8) is 0 Å². The van der Waals surface area contributed by atoms with Crippen LogP contribution < -0.4 is 11.2 Å². The first kappa shape index (κ1) is 21.3. The summed E-state index contributed by atoms with van der Waals surface area (Å²) in [5, 5.41) is 13.1. The second-order valence-electron chi connectivity index (χ2n) is 6.83. The molecule has 11 heteroatoms. The van der Waals surface area contributed by atoms with Gasteiger partial charge in [0.1, 0.15) is 18.4 Å². The van der Waals surface area contributed by atoms with Crippen molar-refractivity contribution in [1.29, 1.82) is 0 Å². The Labute approximate surface area is 170 Å². The molecule has 1 aliphatic rings. The van der Waals surface area contributed by atoms with E-state index in [0.717, 1.165) is 0 Å². The Morgan fingerprint density at radius 2 is 2.20 bits per heavy atom. The average Bonchev–Trinajstić information content (AvgIpc) is 3.13. The van der Waals surface area contributed by atoms with E-state index >= 15 is 0 Å². The molecule has 1 fully saturated rings. The number of aryl methyl sites for hydroxylation is 1. The first-order chi connectivity index (χ1) is 14.4. The molecule has 1 aliphatic heterocycles. The fraction of sp³-hybridized carbons (Fsp3) is 0.421. The summed E-state index contributed by atoms with van der Waals surface area (Å²) in [6.07, 6.45) is -0.554. The summed E-state index contributed by atoms with van der Waals surface area (Å²) in [6.45, 7) is 1.34. The average molecular weight is 415 g/mol. The highest BCUT2D eigenvalue weighted by Gasteiger charge is 2.39. The Hall–Kier alpha value is -3.40. The summed E-state index contributed by atoms with van der Waals surface area (Å²) in [7, 11) is 0. The largest absolute Gasteiger partial charge is 0.456 e. The van der Waals surface area contributed by atoms with E-state index < -0.39 is 42.3 Å². The third-order valence-corrected chi connectivity index (χ3v) is 4.86. The number of benzene rings is 1. The number of carbonyl (C=O) groups is 1. The van der Waals surface area contributed by atoms with E-state index in [2.05, 4.69) is 15.0 Å². The number of nitrogens with one attached hydrogen (secondary N) is 1. The maximum atomic E-state index is 12.7. The normalized spacial score (nSPS) is 20.5. The number of hydrogen-bond acceptors (Lipinski definition) is 7. The fourth-order valence-electron chi connectivity index (χ4n) is 3.31. The first-order valence-electron chi connectivity index (χ1n) is 9.32. The minimum Gasteiger partial charge on any atom is -0.456 e. The second-order valence-corrected chi connectivity index (χ2v) is 6.83. The van der Waals surface area contributed by atoms with E-state index in [4.69, 9.17) is 15.0 Å². The Balaban J connectivity index is 1.78. The van der Waals surface area contributed by atoms with Crippen LogP contribution in [-0.4, -0.2) is 46.0 Å². The highest BCUT2D eigenvalue weighted by Crippen LogP contribution is 2.30. The van der Waals surface area contributed by atoms with Crippen molar-refractivity contribution in [2.24, 2.45) is 5.11 Å². The number of aromatic amines is 1. The van der Waals surface area contributed by atoms with Crippen molar-refractivity contribution in [2.45, 2.75) is 38.2 Å². The number of nitrogens with zero attached hydrogens (tertiary/aromatic N) is 4. The Kier molecular flexibility index (Phi) is 6.68. The molecule has 3 atom stereocenters. The molecule has 2 N–H and O–H groups in total. The molecule has 3 rings (SSSR count). The van der Waals surface area contributed by atoms with Crippen LogP contribution in [0, 0.1) is 6.92 Å². The van der Waals surface area contributed by atoms with Gasteiger partial charge < -0.3 is 14.6 Å². The summed E-state index contributed by atoms with van der Waals surface area (Å²) >= 11 is 0. The van der Waals surface area contributed by atoms with Gasteiger partial charge in [-0.3, -0.25) is 14.3 Å². The quantitative estimate of drug-likeness (QED) is 0.299. The van der Waals surface area contributed by atoms with Gasteiger partial charge in [0.15, 0.2) is 0 Å². The molecular weight excluding hydrogens is 394 g/mol. The molecule has 1 aromatic carbocycles. The van der Waals surface area contributed by atoms with Gasteiger partial charge in [-0.05, 0) is 30.5 Å². The zero-order valence-corrected chi connectivity index (χ0v) is 16.2. The smallest absolute Gasteiger partial charge is 0.338 e. The van der Waals surface area contributed by atoms with Gasteiger partial charge >= 0.3 is 11.7 Å². The number of rotatable bonds is 7. The molecule has 1 aromatic heterocycles. The standard InChI is InChI=1S/C19H21N5O6/c1-11-9-24(19(28)22-17(11)26)16-8-14(15(10-25)29-16)30-18(27)13-5-3-2-4-12(13)6-7-21-23-20/h2-5,9,14-16,25H,6-8,10H2,1H3,(H,22,26,28)/t14?,15-,16-/m1/s1. The van der Waals surface area contributed by atoms with Gasteiger partial charge in [0.2, 0.25) is 0 Å². The molecule has 2 aromatic rings. The molecular formula is C19H21N5O6. The third kappa shape index (κ3) is 4.60. The molecule has 2 heterocycles. The summed E-state index contributed by atoms with van der Waals surface area (Å²) in [6, 6.07) is 6.79. The van der Waals surface area contributed by atoms with Crippen LogP contribution in [0.3, 0.4) is 0 Å². The highest BCUT2D eigenvalue weighted by atomic mass is 16.6. The third-order valence-electron chi connectivity index (χ3n) is 4.86. The summed E-state index contributed by atoms with van der Waals surface area (Å²) in [4.78, 5) is 41.3. The van der Waals surface area contributed by atoms with Crippen molar-refractivity contribution in [2.75, 3.05) is 13.2 Å². The van der Waals surface area contributed by atoms with Gasteiger partial charge in [0, 0.05) is 29.6 Å². The monoisotopic (exact) mass is 415 g/mol. The molecule has 30 heavy (non-hydrogen) atoms. The van der Waals surface area contributed by atoms with Crippen molar-refractivity contribution in [3.05, 3.63) is 78.4 Å². The number of aliphatic hydroxyl groups is 1. The zero-order valence-electron chi connectivity index (χ0n) is 16.2. The number of azide groups is 1. The van der Waals surface area contributed by atoms with Crippen LogP contribution >= 0.6 is 0 Å². The van der Waals surface area contributed by atoms with E-state index in [0.29, 0.717) is 23.1 Å². The molecule has 1 saturated heterocycles. The lowest BCUT2D eigenvalue weighted by Crippen LogP contribution is -2.33. The van der Waals surface area contributed by atoms with Gasteiger partial charge in [0.05, 0.1) is 12.2 Å². The van der Waals surface area contributed by atoms with Crippen LogP contribution in [0.1, 0.15) is 34.1 Å². The summed E-state index contributed by atoms with van der Waals surface area (Å²) in [5.74, 6) is -0.607. The molecule has 0 spiro atoms. The number of ether oxygens (including phenoxy) is 2. The summed E-state index contributed by atoms with van der Waals surface area (Å²) in [5.41, 5.74) is 8.60. The molecule has 0 radical (unpaired) electrons. The van der Waals surface area contributed by atoms with Crippen molar-refractivity contribution in [1.82, 2.24) is 9.55 Å². The SMILES string of the molecule is Cc1cn([C@H]2CC(OC(=O)c3ccccc3CCN=[N+]=[N-])[C@@H](CO)O2)c(=O)[nH]c1=O. The van der Waals surface area contributed by atoms with Crippen molar-refractivity contribution in [3.8, 4) is 0 Å². The minimum atomic E-state index is -0.826. The van der Waals surface area contributed by atoms with Crippen LogP contribution in [0.2, 0.25) is 0 Å². The molecule has 0 saturated carbocycles. The molecule has 0 aliphatic carbocycles. The van der Waals surface area contributed by atoms with E-state index in [-0.39, 0.29) is 13.0 Å². The predicted octanol–water partition coefficient (Wildman–Crippen LogP) is 1.20. The molecule has 0 bridgehead atoms. The molecule has 1 unspecified atom stereocenters. The van der Waals surface area contributed by atoms with Gasteiger partial charge in [-0.1, -0.05) is 23.3 Å². The topological polar surface area (TPSA) is 159 Å². The van der Waals surface area contributed by atoms with Crippen LogP contribution in [0.4, 0.5) is 0 Å². The van der Waals surface area contributed by atoms with E-state index in [1.807, 2.05) is 0 Å². The number of aromatic nitrogens is 2. The van der Waals surface area contributed by atoms with Crippen LogP contribution in [0.25, 0.3) is 10.4 Å². The van der Waals surface area contributed by atoms with Gasteiger partial charge in [0.25, 0.3) is 5.56 Å². The van der Waals surface area contributed by atoms with E-state index in [1.165, 1.54) is 10.8 Å². The zero-order chi connectivity index (χ0) is 21.7. The summed E-state index contributed by atoms with van der Waals surface area (Å²) < 4.78 is 12.5. The minimum absolute atomic E-state index is 0.128. The maximum Gasteiger partial charge on any atom is 0.338 e. The van der Waals surface area contributed by atoms with Crippen molar-refractivity contribution < 1.29 is 19.4 Å². The number of H-pyrrole nitrogens is 1. The van der Waals surface area contributed by atoms with Gasteiger partial charge in [-0.15, -0.1) is 0 Å². The second kappa shape index (κ2) is 9.40. The van der Waals surface area contributed by atoms with E-state index in [9.17, 15) is 19.5 Å². The molecule has 0 amide bonds. The first-order valence-corrected chi connectivity index (χ1v) is 9.32. The molecule has 158 valence electrons. The van der Waals surface area contributed by atoms with Crippen LogP contribution in [0.15, 0.2) is 45.2 Å². The maximum absolute atomic E-state index is 12.7. The lowest BCUT2D eigenvalue weighted by Gasteiger charge is -2.17. The number of hydrogen-bond donors (Lipinski definition) is 2. The number of esters is 1. The lowest BCUT2D eigenvalue weighted by atomic mass is 10.0. The Morgan fingerprint density at radius 1 is 1.43 bits per heavy atom. The predicted molar refractivity (Wildman–Crippen MR) is 105 cm³/mol. The van der Waals surface area contributed by atoms with Gasteiger partial charge in [-0.25, -0.2) is 9.59 Å². The van der Waals surface area contributed by atoms with Crippen LogP contribution in [0.5, 0.6) is 0 Å². The lowest BCUT2D eigenvalue weighted by molar-refractivity contribution is -0.0522. The van der Waals surface area contributed by atoms with Gasteiger partial charge in [-0.2, -0.15) is 0 Å². The van der Waals surface area contributed by atoms with E-state index in [1.54, 1.807) is 31.2 Å².